The molecule has 1 N–H and O–H groups in total. The minimum Gasteiger partial charge on any atom is -0.310 e. The molecule has 0 atom stereocenters. The van der Waals surface area contributed by atoms with E-state index in [1.807, 2.05) is 49.4 Å². The van der Waals surface area contributed by atoms with Crippen LogP contribution in [0, 0.1) is 6.92 Å². The third kappa shape index (κ3) is 4.51. The van der Waals surface area contributed by atoms with Gasteiger partial charge in [0.1, 0.15) is 5.56 Å². The number of pyridine rings is 1. The monoisotopic (exact) mass is 379 g/mol. The lowest BCUT2D eigenvalue weighted by Crippen LogP contribution is -2.31. The van der Waals surface area contributed by atoms with Gasteiger partial charge in [-0.3, -0.25) is 9.59 Å². The number of benzene rings is 2. The number of hydrogen-bond donors (Lipinski definition) is 1. The fourth-order valence-electron chi connectivity index (χ4n) is 2.60. The van der Waals surface area contributed by atoms with Crippen molar-refractivity contribution in [3.8, 4) is 0 Å². The molecule has 27 heavy (non-hydrogen) atoms. The molecule has 3 rings (SSSR count). The summed E-state index contributed by atoms with van der Waals surface area (Å²) in [7, 11) is 0. The van der Waals surface area contributed by atoms with Crippen LogP contribution in [0.5, 0.6) is 0 Å². The highest BCUT2D eigenvalue weighted by molar-refractivity contribution is 6.31. The first-order valence-electron chi connectivity index (χ1n) is 8.38. The molecule has 2 aromatic carbocycles. The predicted molar refractivity (Wildman–Crippen MR) is 107 cm³/mol. The van der Waals surface area contributed by atoms with E-state index in [-0.39, 0.29) is 12.1 Å². The van der Waals surface area contributed by atoms with Crippen molar-refractivity contribution in [3.63, 3.8) is 0 Å². The van der Waals surface area contributed by atoms with Gasteiger partial charge in [-0.05, 0) is 41.8 Å². The predicted octanol–water partition coefficient (Wildman–Crippen LogP) is 3.62. The maximum absolute atomic E-state index is 12.6. The number of rotatable bonds is 5. The van der Waals surface area contributed by atoms with E-state index in [2.05, 4.69) is 10.5 Å². The largest absolute Gasteiger partial charge is 0.310 e. The molecule has 136 valence electrons. The third-order valence-electron chi connectivity index (χ3n) is 4.12. The van der Waals surface area contributed by atoms with Gasteiger partial charge in [0, 0.05) is 11.2 Å². The molecule has 0 radical (unpaired) electrons. The van der Waals surface area contributed by atoms with Crippen LogP contribution in [0.15, 0.2) is 76.8 Å². The fraction of sp³-hybridized carbons (Fsp3) is 0.0952. The Balaban J connectivity index is 1.77. The van der Waals surface area contributed by atoms with Gasteiger partial charge in [0.15, 0.2) is 0 Å². The van der Waals surface area contributed by atoms with Crippen LogP contribution in [0.25, 0.3) is 0 Å². The molecule has 0 saturated heterocycles. The number of aromatic nitrogens is 1. The number of hydrazone groups is 1. The summed E-state index contributed by atoms with van der Waals surface area (Å²) in [5.74, 6) is -0.557. The fourth-order valence-corrected chi connectivity index (χ4v) is 2.79. The van der Waals surface area contributed by atoms with Crippen molar-refractivity contribution in [3.05, 3.63) is 104 Å². The molecule has 0 saturated carbocycles. The molecule has 1 aromatic heterocycles. The first-order chi connectivity index (χ1) is 13.1. The lowest BCUT2D eigenvalue weighted by molar-refractivity contribution is 0.0953. The summed E-state index contributed by atoms with van der Waals surface area (Å²) < 4.78 is 1.45. The van der Waals surface area contributed by atoms with Gasteiger partial charge in [-0.25, -0.2) is 5.43 Å². The Morgan fingerprint density at radius 1 is 1.11 bits per heavy atom. The number of amides is 1. The van der Waals surface area contributed by atoms with Crippen LogP contribution in [0.3, 0.4) is 0 Å². The minimum absolute atomic E-state index is 0.0199. The van der Waals surface area contributed by atoms with Crippen LogP contribution in [-0.2, 0) is 6.54 Å². The van der Waals surface area contributed by atoms with E-state index in [0.717, 1.165) is 16.7 Å². The van der Waals surface area contributed by atoms with Crippen molar-refractivity contribution < 1.29 is 4.79 Å². The molecule has 6 heteroatoms. The summed E-state index contributed by atoms with van der Waals surface area (Å²) in [6.07, 6.45) is 3.18. The van der Waals surface area contributed by atoms with Gasteiger partial charge in [0.2, 0.25) is 0 Å². The number of nitrogens with one attached hydrogen (secondary N) is 1. The molecule has 1 amide bonds. The SMILES string of the molecule is Cc1ccccc1/C=N\NC(=O)c1cccn(Cc2ccccc2Cl)c1=O. The Morgan fingerprint density at radius 2 is 1.85 bits per heavy atom. The lowest BCUT2D eigenvalue weighted by atomic mass is 10.1. The Morgan fingerprint density at radius 3 is 2.63 bits per heavy atom. The quantitative estimate of drug-likeness (QED) is 0.543. The van der Waals surface area contributed by atoms with Crippen molar-refractivity contribution in [2.45, 2.75) is 13.5 Å². The topological polar surface area (TPSA) is 63.5 Å². The highest BCUT2D eigenvalue weighted by Gasteiger charge is 2.12. The van der Waals surface area contributed by atoms with E-state index in [1.165, 1.54) is 10.6 Å². The zero-order valence-corrected chi connectivity index (χ0v) is 15.5. The second kappa shape index (κ2) is 8.47. The van der Waals surface area contributed by atoms with Crippen LogP contribution in [0.2, 0.25) is 5.02 Å². The summed E-state index contributed by atoms with van der Waals surface area (Å²) in [4.78, 5) is 25.0. The molecule has 0 spiro atoms. The average molecular weight is 380 g/mol. The van der Waals surface area contributed by atoms with E-state index in [1.54, 1.807) is 24.5 Å². The standard InChI is InChI=1S/C21H18ClN3O2/c1-15-7-2-3-8-16(15)13-23-24-20(26)18-10-6-12-25(21(18)27)14-17-9-4-5-11-19(17)22/h2-13H,14H2,1H3,(H,24,26)/b23-13-. The number of nitrogens with zero attached hydrogens (tertiary/aromatic N) is 2. The summed E-state index contributed by atoms with van der Waals surface area (Å²) in [5.41, 5.74) is 4.76. The van der Waals surface area contributed by atoms with Crippen LogP contribution in [-0.4, -0.2) is 16.7 Å². The van der Waals surface area contributed by atoms with Crippen LogP contribution >= 0.6 is 11.6 Å². The zero-order chi connectivity index (χ0) is 19.2. The molecule has 0 aliphatic carbocycles. The van der Waals surface area contributed by atoms with Gasteiger partial charge in [0.25, 0.3) is 11.5 Å². The maximum atomic E-state index is 12.6. The number of carbonyl (C=O) groups excluding carboxylic acids is 1. The summed E-state index contributed by atoms with van der Waals surface area (Å²) in [6.45, 7) is 2.24. The molecule has 0 fully saturated rings. The average Bonchev–Trinajstić information content (AvgIpc) is 2.66. The zero-order valence-electron chi connectivity index (χ0n) is 14.7. The van der Waals surface area contributed by atoms with Crippen LogP contribution in [0.4, 0.5) is 0 Å². The molecule has 3 aromatic rings. The van der Waals surface area contributed by atoms with Crippen molar-refractivity contribution in [2.75, 3.05) is 0 Å². The van der Waals surface area contributed by atoms with E-state index in [0.29, 0.717) is 5.02 Å². The maximum Gasteiger partial charge on any atom is 0.276 e. The molecule has 1 heterocycles. The number of carbonyl (C=O) groups is 1. The summed E-state index contributed by atoms with van der Waals surface area (Å²) in [6, 6.07) is 18.1. The van der Waals surface area contributed by atoms with Crippen molar-refractivity contribution in [1.82, 2.24) is 9.99 Å². The molecule has 0 aliphatic rings. The molecular weight excluding hydrogens is 362 g/mol. The van der Waals surface area contributed by atoms with Gasteiger partial charge in [-0.1, -0.05) is 54.1 Å². The van der Waals surface area contributed by atoms with Gasteiger partial charge in [-0.2, -0.15) is 5.10 Å². The van der Waals surface area contributed by atoms with Gasteiger partial charge >= 0.3 is 0 Å². The Kier molecular flexibility index (Phi) is 5.84. The van der Waals surface area contributed by atoms with E-state index < -0.39 is 11.5 Å². The van der Waals surface area contributed by atoms with Crippen molar-refractivity contribution >= 4 is 23.7 Å². The minimum atomic E-state index is -0.557. The number of aryl methyl sites for hydroxylation is 1. The van der Waals surface area contributed by atoms with Crippen LogP contribution < -0.4 is 11.0 Å². The Hall–Kier alpha value is -3.18. The second-order valence-electron chi connectivity index (χ2n) is 6.00. The normalized spacial score (nSPS) is 10.9. The lowest BCUT2D eigenvalue weighted by Gasteiger charge is -2.09. The Bertz CT molecular complexity index is 1060. The molecule has 5 nitrogen and oxygen atoms in total. The molecule has 0 bridgehead atoms. The van der Waals surface area contributed by atoms with Crippen molar-refractivity contribution in [2.24, 2.45) is 5.10 Å². The molecule has 0 unspecified atom stereocenters. The first kappa shape index (κ1) is 18.6. The van der Waals surface area contributed by atoms with E-state index in [4.69, 9.17) is 11.6 Å². The van der Waals surface area contributed by atoms with Gasteiger partial charge in [0.05, 0.1) is 12.8 Å². The second-order valence-corrected chi connectivity index (χ2v) is 6.41. The smallest absolute Gasteiger partial charge is 0.276 e. The molecular formula is C21H18ClN3O2. The number of hydrogen-bond acceptors (Lipinski definition) is 3. The van der Waals surface area contributed by atoms with E-state index >= 15 is 0 Å². The highest BCUT2D eigenvalue weighted by Crippen LogP contribution is 2.15. The third-order valence-corrected chi connectivity index (χ3v) is 4.49. The Labute approximate surface area is 161 Å². The molecule has 0 aliphatic heterocycles. The van der Waals surface area contributed by atoms with Crippen molar-refractivity contribution in [1.29, 1.82) is 0 Å². The van der Waals surface area contributed by atoms with E-state index in [9.17, 15) is 9.59 Å². The number of halogens is 1. The highest BCUT2D eigenvalue weighted by atomic mass is 35.5. The van der Waals surface area contributed by atoms with Gasteiger partial charge < -0.3 is 4.57 Å². The van der Waals surface area contributed by atoms with Crippen LogP contribution in [0.1, 0.15) is 27.0 Å². The summed E-state index contributed by atoms with van der Waals surface area (Å²) >= 11 is 6.15. The summed E-state index contributed by atoms with van der Waals surface area (Å²) in [5, 5.41) is 4.53. The first-order valence-corrected chi connectivity index (χ1v) is 8.76. The van der Waals surface area contributed by atoms with Gasteiger partial charge in [-0.15, -0.1) is 0 Å².